The maximum Gasteiger partial charge on any atom is 0.131 e. The van der Waals surface area contributed by atoms with Gasteiger partial charge in [0.05, 0.1) is 11.2 Å². The minimum Gasteiger partial charge on any atom is -0.487 e. The van der Waals surface area contributed by atoms with E-state index in [1.165, 1.54) is 5.56 Å². The van der Waals surface area contributed by atoms with Crippen LogP contribution in [0.2, 0.25) is 0 Å². The van der Waals surface area contributed by atoms with Crippen LogP contribution >= 0.6 is 27.3 Å². The van der Waals surface area contributed by atoms with Crippen LogP contribution in [0.5, 0.6) is 5.75 Å². The summed E-state index contributed by atoms with van der Waals surface area (Å²) in [6, 6.07) is 6.08. The minimum absolute atomic E-state index is 0.518. The van der Waals surface area contributed by atoms with Gasteiger partial charge in [0.15, 0.2) is 0 Å². The number of nitrogens with zero attached hydrogens (tertiary/aromatic N) is 1. The Morgan fingerprint density at radius 2 is 2.25 bits per heavy atom. The van der Waals surface area contributed by atoms with Gasteiger partial charge in [-0.05, 0) is 36.2 Å². The van der Waals surface area contributed by atoms with Gasteiger partial charge in [-0.2, -0.15) is 0 Å². The van der Waals surface area contributed by atoms with E-state index in [1.54, 1.807) is 11.3 Å². The lowest BCUT2D eigenvalue weighted by molar-refractivity contribution is 0.301. The Morgan fingerprint density at radius 3 is 2.95 bits per heavy atom. The highest BCUT2D eigenvalue weighted by Gasteiger charge is 2.04. The van der Waals surface area contributed by atoms with E-state index in [9.17, 15) is 0 Å². The fourth-order valence-corrected chi connectivity index (χ4v) is 2.67. The molecule has 20 heavy (non-hydrogen) atoms. The summed E-state index contributed by atoms with van der Waals surface area (Å²) < 4.78 is 6.88. The van der Waals surface area contributed by atoms with Crippen LogP contribution in [0.25, 0.3) is 0 Å². The summed E-state index contributed by atoms with van der Waals surface area (Å²) in [6.07, 6.45) is 0. The van der Waals surface area contributed by atoms with E-state index >= 15 is 0 Å². The Balaban J connectivity index is 1.93. The molecule has 1 aromatic carbocycles. The first-order valence-electron chi connectivity index (χ1n) is 6.64. The zero-order valence-corrected chi connectivity index (χ0v) is 14.1. The molecule has 1 N–H and O–H groups in total. The van der Waals surface area contributed by atoms with Crippen molar-refractivity contribution in [3.63, 3.8) is 0 Å². The Kier molecular flexibility index (Phi) is 6.01. The topological polar surface area (TPSA) is 34.1 Å². The summed E-state index contributed by atoms with van der Waals surface area (Å²) in [5, 5.41) is 5.45. The van der Waals surface area contributed by atoms with Gasteiger partial charge in [-0.1, -0.05) is 29.8 Å². The lowest BCUT2D eigenvalue weighted by atomic mass is 10.2. The third-order valence-corrected chi connectivity index (χ3v) is 4.16. The van der Waals surface area contributed by atoms with E-state index in [1.807, 2.05) is 23.0 Å². The Bertz CT molecular complexity index is 529. The molecule has 0 unspecified atom stereocenters. The molecule has 0 saturated heterocycles. The van der Waals surface area contributed by atoms with Crippen LogP contribution in [-0.2, 0) is 13.2 Å². The third-order valence-electron chi connectivity index (χ3n) is 2.76. The zero-order valence-electron chi connectivity index (χ0n) is 11.7. The van der Waals surface area contributed by atoms with Crippen LogP contribution in [0.1, 0.15) is 25.1 Å². The molecule has 5 heteroatoms. The summed E-state index contributed by atoms with van der Waals surface area (Å²) in [5.74, 6) is 1.53. The molecule has 0 aliphatic rings. The van der Waals surface area contributed by atoms with Gasteiger partial charge in [-0.3, -0.25) is 0 Å². The van der Waals surface area contributed by atoms with Crippen molar-refractivity contribution < 1.29 is 4.74 Å². The van der Waals surface area contributed by atoms with E-state index in [4.69, 9.17) is 4.74 Å². The van der Waals surface area contributed by atoms with E-state index in [2.05, 4.69) is 46.1 Å². The number of hydrogen-bond donors (Lipinski definition) is 1. The molecular weight excluding hydrogens is 336 g/mol. The molecule has 1 heterocycles. The first-order chi connectivity index (χ1) is 9.65. The molecule has 0 fully saturated rings. The summed E-state index contributed by atoms with van der Waals surface area (Å²) in [4.78, 5) is 4.21. The standard InChI is InChI=1S/C15H19BrN2OS/c1-11(2)6-17-7-12-5-14(3-4-15(12)16)19-8-13-9-20-10-18-13/h3-5,9-11,17H,6-8H2,1-2H3. The predicted octanol–water partition coefficient (Wildman–Crippen LogP) is 4.23. The maximum absolute atomic E-state index is 5.77. The monoisotopic (exact) mass is 354 g/mol. The SMILES string of the molecule is CC(C)CNCc1cc(OCc2cscn2)ccc1Br. The van der Waals surface area contributed by atoms with Gasteiger partial charge in [-0.25, -0.2) is 4.98 Å². The summed E-state index contributed by atoms with van der Waals surface area (Å²) in [6.45, 7) is 6.78. The first-order valence-corrected chi connectivity index (χ1v) is 8.37. The second-order valence-electron chi connectivity index (χ2n) is 5.05. The van der Waals surface area contributed by atoms with Crippen molar-refractivity contribution in [2.45, 2.75) is 27.0 Å². The molecule has 0 amide bonds. The molecule has 0 atom stereocenters. The molecule has 0 radical (unpaired) electrons. The van der Waals surface area contributed by atoms with Crippen molar-refractivity contribution in [2.75, 3.05) is 6.54 Å². The van der Waals surface area contributed by atoms with E-state index in [0.29, 0.717) is 12.5 Å². The smallest absolute Gasteiger partial charge is 0.131 e. The molecule has 2 aromatic rings. The zero-order chi connectivity index (χ0) is 14.4. The molecule has 0 bridgehead atoms. The number of benzene rings is 1. The van der Waals surface area contributed by atoms with Gasteiger partial charge in [0, 0.05) is 16.4 Å². The van der Waals surface area contributed by atoms with Crippen LogP contribution in [0.3, 0.4) is 0 Å². The average Bonchev–Trinajstić information content (AvgIpc) is 2.92. The number of thiazole rings is 1. The number of nitrogens with one attached hydrogen (secondary N) is 1. The van der Waals surface area contributed by atoms with Gasteiger partial charge in [0.1, 0.15) is 12.4 Å². The van der Waals surface area contributed by atoms with Gasteiger partial charge in [0.25, 0.3) is 0 Å². The second kappa shape index (κ2) is 7.76. The molecule has 0 aliphatic heterocycles. The second-order valence-corrected chi connectivity index (χ2v) is 6.62. The highest BCUT2D eigenvalue weighted by molar-refractivity contribution is 9.10. The minimum atomic E-state index is 0.518. The van der Waals surface area contributed by atoms with Crippen molar-refractivity contribution in [1.82, 2.24) is 10.3 Å². The third kappa shape index (κ3) is 4.89. The molecule has 0 aliphatic carbocycles. The van der Waals surface area contributed by atoms with Crippen molar-refractivity contribution in [1.29, 1.82) is 0 Å². The van der Waals surface area contributed by atoms with Crippen LogP contribution in [0.15, 0.2) is 33.6 Å². The molecular formula is C15H19BrN2OS. The van der Waals surface area contributed by atoms with Crippen molar-refractivity contribution >= 4 is 27.3 Å². The number of rotatable bonds is 7. The lowest BCUT2D eigenvalue weighted by Crippen LogP contribution is -2.19. The first kappa shape index (κ1) is 15.5. The van der Waals surface area contributed by atoms with Crippen LogP contribution in [0.4, 0.5) is 0 Å². The lowest BCUT2D eigenvalue weighted by Gasteiger charge is -2.11. The van der Waals surface area contributed by atoms with Crippen molar-refractivity contribution in [2.24, 2.45) is 5.92 Å². The Labute approximate surface area is 132 Å². The summed E-state index contributed by atoms with van der Waals surface area (Å²) >= 11 is 5.17. The fourth-order valence-electron chi connectivity index (χ4n) is 1.74. The van der Waals surface area contributed by atoms with Crippen LogP contribution < -0.4 is 10.1 Å². The average molecular weight is 355 g/mol. The highest BCUT2D eigenvalue weighted by atomic mass is 79.9. The molecule has 0 saturated carbocycles. The van der Waals surface area contributed by atoms with E-state index < -0.39 is 0 Å². The quantitative estimate of drug-likeness (QED) is 0.807. The number of hydrogen-bond acceptors (Lipinski definition) is 4. The molecule has 2 rings (SSSR count). The normalized spacial score (nSPS) is 11.0. The van der Waals surface area contributed by atoms with Gasteiger partial charge in [-0.15, -0.1) is 11.3 Å². The van der Waals surface area contributed by atoms with Crippen molar-refractivity contribution in [3.05, 3.63) is 44.8 Å². The number of halogens is 1. The summed E-state index contributed by atoms with van der Waals surface area (Å²) in [5.41, 5.74) is 4.00. The Morgan fingerprint density at radius 1 is 1.40 bits per heavy atom. The molecule has 3 nitrogen and oxygen atoms in total. The maximum atomic E-state index is 5.77. The van der Waals surface area contributed by atoms with Crippen LogP contribution in [-0.4, -0.2) is 11.5 Å². The molecule has 1 aromatic heterocycles. The molecule has 108 valence electrons. The van der Waals surface area contributed by atoms with Gasteiger partial charge < -0.3 is 10.1 Å². The van der Waals surface area contributed by atoms with Gasteiger partial charge in [0.2, 0.25) is 0 Å². The number of aromatic nitrogens is 1. The Hall–Kier alpha value is -0.910. The van der Waals surface area contributed by atoms with E-state index in [0.717, 1.165) is 29.0 Å². The van der Waals surface area contributed by atoms with Gasteiger partial charge >= 0.3 is 0 Å². The van der Waals surface area contributed by atoms with Crippen LogP contribution in [0, 0.1) is 5.92 Å². The highest BCUT2D eigenvalue weighted by Crippen LogP contribution is 2.23. The summed E-state index contributed by atoms with van der Waals surface area (Å²) in [7, 11) is 0. The number of ether oxygens (including phenoxy) is 1. The predicted molar refractivity (Wildman–Crippen MR) is 87.1 cm³/mol. The van der Waals surface area contributed by atoms with E-state index in [-0.39, 0.29) is 0 Å². The molecule has 0 spiro atoms. The van der Waals surface area contributed by atoms with Crippen molar-refractivity contribution in [3.8, 4) is 5.75 Å². The fraction of sp³-hybridized carbons (Fsp3) is 0.400. The largest absolute Gasteiger partial charge is 0.487 e.